The van der Waals surface area contributed by atoms with Gasteiger partial charge in [-0.3, -0.25) is 9.59 Å². The Bertz CT molecular complexity index is 1200. The molecule has 2 amide bonds. The highest BCUT2D eigenvalue weighted by molar-refractivity contribution is 9.10. The van der Waals surface area contributed by atoms with Gasteiger partial charge in [-0.05, 0) is 55.2 Å². The first-order valence-corrected chi connectivity index (χ1v) is 13.5. The predicted octanol–water partition coefficient (Wildman–Crippen LogP) is 4.44. The number of halogens is 2. The van der Waals surface area contributed by atoms with Gasteiger partial charge in [0.1, 0.15) is 4.90 Å². The fourth-order valence-corrected chi connectivity index (χ4v) is 7.06. The summed E-state index contributed by atoms with van der Waals surface area (Å²) < 4.78 is 29.5. The molecule has 10 heteroatoms. The maximum atomic E-state index is 13.7. The Kier molecular flexibility index (Phi) is 7.14. The summed E-state index contributed by atoms with van der Waals surface area (Å²) in [6.07, 6.45) is 2.06. The van der Waals surface area contributed by atoms with Gasteiger partial charge in [-0.1, -0.05) is 40.5 Å². The summed E-state index contributed by atoms with van der Waals surface area (Å²) in [7, 11) is -3.92. The Morgan fingerprint density at radius 1 is 1.21 bits per heavy atom. The van der Waals surface area contributed by atoms with Gasteiger partial charge < -0.3 is 10.2 Å². The average molecular weight is 555 g/mol. The lowest BCUT2D eigenvalue weighted by Crippen LogP contribution is -2.44. The Hall–Kier alpha value is -1.94. The zero-order valence-corrected chi connectivity index (χ0v) is 21.3. The lowest BCUT2D eigenvalue weighted by Gasteiger charge is -2.32. The number of benzene rings is 2. The van der Waals surface area contributed by atoms with Crippen LogP contribution < -0.4 is 10.2 Å². The number of hydrogen-bond donors (Lipinski definition) is 1. The first-order valence-electron chi connectivity index (χ1n) is 10.9. The largest absolute Gasteiger partial charge is 0.326 e. The smallest absolute Gasteiger partial charge is 0.245 e. The number of hydrogen-bond acceptors (Lipinski definition) is 4. The third-order valence-corrected chi connectivity index (χ3v) is 8.63. The van der Waals surface area contributed by atoms with Crippen LogP contribution in [0.15, 0.2) is 45.8 Å². The molecule has 2 aliphatic rings. The third kappa shape index (κ3) is 4.96. The molecule has 0 radical (unpaired) electrons. The second-order valence-corrected chi connectivity index (χ2v) is 11.5. The van der Waals surface area contributed by atoms with Crippen LogP contribution in [0.4, 0.5) is 11.4 Å². The van der Waals surface area contributed by atoms with E-state index >= 15 is 0 Å². The number of amides is 2. The van der Waals surface area contributed by atoms with E-state index in [2.05, 4.69) is 21.2 Å². The first-order chi connectivity index (χ1) is 15.7. The molecule has 0 unspecified atom stereocenters. The minimum Gasteiger partial charge on any atom is -0.326 e. The molecule has 2 aromatic rings. The molecular weight excluding hydrogens is 530 g/mol. The molecule has 176 valence electrons. The molecule has 0 aliphatic carbocycles. The maximum absolute atomic E-state index is 13.7. The van der Waals surface area contributed by atoms with Gasteiger partial charge in [0.25, 0.3) is 0 Å². The molecule has 1 atom stereocenters. The van der Waals surface area contributed by atoms with Crippen molar-refractivity contribution in [1.82, 2.24) is 4.31 Å². The van der Waals surface area contributed by atoms with Gasteiger partial charge in [-0.15, -0.1) is 0 Å². The summed E-state index contributed by atoms with van der Waals surface area (Å²) in [6.45, 7) is 2.64. The number of rotatable bonds is 5. The van der Waals surface area contributed by atoms with E-state index in [1.165, 1.54) is 4.31 Å². The molecule has 4 rings (SSSR count). The van der Waals surface area contributed by atoms with E-state index in [0.29, 0.717) is 59.6 Å². The maximum Gasteiger partial charge on any atom is 0.245 e. The zero-order valence-electron chi connectivity index (χ0n) is 18.2. The number of sulfonamides is 1. The van der Waals surface area contributed by atoms with Crippen LogP contribution in [0.3, 0.4) is 0 Å². The van der Waals surface area contributed by atoms with Crippen molar-refractivity contribution in [3.8, 4) is 0 Å². The number of carbonyl (C=O) groups excluding carboxylic acids is 2. The Balaban J connectivity index is 1.60. The highest BCUT2D eigenvalue weighted by atomic mass is 79.9. The molecular formula is C23H25BrClN3O4S. The topological polar surface area (TPSA) is 86.8 Å². The zero-order chi connectivity index (χ0) is 23.8. The van der Waals surface area contributed by atoms with Crippen LogP contribution in [-0.4, -0.2) is 44.2 Å². The SMILES string of the molecule is CCC(=O)N1CCc2cc(Br)cc(S(=O)(=O)N3CCC[C@@H](C(=O)Nc4cccc(Cl)c4)C3)c21. The molecule has 0 aromatic heterocycles. The van der Waals surface area contributed by atoms with Crippen LogP contribution in [0.25, 0.3) is 0 Å². The summed E-state index contributed by atoms with van der Waals surface area (Å²) in [5.41, 5.74) is 1.87. The van der Waals surface area contributed by atoms with Gasteiger partial charge in [0.05, 0.1) is 11.6 Å². The van der Waals surface area contributed by atoms with Crippen LogP contribution in [0.5, 0.6) is 0 Å². The van der Waals surface area contributed by atoms with Crippen molar-refractivity contribution in [2.45, 2.75) is 37.5 Å². The van der Waals surface area contributed by atoms with Crippen LogP contribution in [-0.2, 0) is 26.0 Å². The van der Waals surface area contributed by atoms with Crippen molar-refractivity contribution in [2.75, 3.05) is 29.9 Å². The molecule has 1 saturated heterocycles. The third-order valence-electron chi connectivity index (χ3n) is 6.06. The second-order valence-electron chi connectivity index (χ2n) is 8.26. The summed E-state index contributed by atoms with van der Waals surface area (Å²) in [6, 6.07) is 10.3. The van der Waals surface area contributed by atoms with E-state index in [-0.39, 0.29) is 23.3 Å². The Labute approximate surface area is 207 Å². The van der Waals surface area contributed by atoms with Crippen LogP contribution in [0.2, 0.25) is 5.02 Å². The van der Waals surface area contributed by atoms with E-state index in [1.54, 1.807) is 42.2 Å². The monoisotopic (exact) mass is 553 g/mol. The summed E-state index contributed by atoms with van der Waals surface area (Å²) >= 11 is 9.42. The normalized spacial score (nSPS) is 18.8. The number of fused-ring (bicyclic) bond motifs is 1. The van der Waals surface area contributed by atoms with Crippen LogP contribution >= 0.6 is 27.5 Å². The highest BCUT2D eigenvalue weighted by Crippen LogP contribution is 2.40. The van der Waals surface area contributed by atoms with Crippen molar-refractivity contribution in [2.24, 2.45) is 5.92 Å². The van der Waals surface area contributed by atoms with Crippen molar-refractivity contribution in [3.63, 3.8) is 0 Å². The number of anilines is 2. The highest BCUT2D eigenvalue weighted by Gasteiger charge is 2.38. The Morgan fingerprint density at radius 3 is 2.73 bits per heavy atom. The molecule has 0 bridgehead atoms. The predicted molar refractivity (Wildman–Crippen MR) is 132 cm³/mol. The quantitative estimate of drug-likeness (QED) is 0.592. The number of nitrogens with zero attached hydrogens (tertiary/aromatic N) is 2. The summed E-state index contributed by atoms with van der Waals surface area (Å²) in [4.78, 5) is 27.1. The van der Waals surface area contributed by atoms with E-state index in [0.717, 1.165) is 5.56 Å². The van der Waals surface area contributed by atoms with Gasteiger partial charge in [-0.2, -0.15) is 4.31 Å². The van der Waals surface area contributed by atoms with Crippen molar-refractivity contribution < 1.29 is 18.0 Å². The van der Waals surface area contributed by atoms with E-state index < -0.39 is 15.9 Å². The molecule has 7 nitrogen and oxygen atoms in total. The molecule has 2 aromatic carbocycles. The van der Waals surface area contributed by atoms with Gasteiger partial charge >= 0.3 is 0 Å². The van der Waals surface area contributed by atoms with E-state index in [1.807, 2.05) is 6.07 Å². The van der Waals surface area contributed by atoms with Crippen molar-refractivity contribution >= 4 is 60.7 Å². The van der Waals surface area contributed by atoms with Gasteiger partial charge in [0.15, 0.2) is 0 Å². The van der Waals surface area contributed by atoms with Crippen molar-refractivity contribution in [1.29, 1.82) is 0 Å². The number of carbonyl (C=O) groups is 2. The summed E-state index contributed by atoms with van der Waals surface area (Å²) in [5.74, 6) is -0.828. The van der Waals surface area contributed by atoms with E-state index in [9.17, 15) is 18.0 Å². The second kappa shape index (κ2) is 9.74. The minimum atomic E-state index is -3.92. The molecule has 1 N–H and O–H groups in total. The molecule has 1 fully saturated rings. The fourth-order valence-electron chi connectivity index (χ4n) is 4.43. The number of piperidine rings is 1. The summed E-state index contributed by atoms with van der Waals surface area (Å²) in [5, 5.41) is 3.35. The van der Waals surface area contributed by atoms with Crippen molar-refractivity contribution in [3.05, 3.63) is 51.5 Å². The van der Waals surface area contributed by atoms with Crippen LogP contribution in [0, 0.1) is 5.92 Å². The molecule has 2 heterocycles. The average Bonchev–Trinajstić information content (AvgIpc) is 3.21. The van der Waals surface area contributed by atoms with E-state index in [4.69, 9.17) is 11.6 Å². The van der Waals surface area contributed by atoms with Crippen LogP contribution in [0.1, 0.15) is 31.7 Å². The molecule has 33 heavy (non-hydrogen) atoms. The van der Waals surface area contributed by atoms with Gasteiger partial charge in [0.2, 0.25) is 21.8 Å². The lowest BCUT2D eigenvalue weighted by atomic mass is 9.99. The fraction of sp³-hybridized carbons (Fsp3) is 0.391. The molecule has 2 aliphatic heterocycles. The molecule has 0 saturated carbocycles. The Morgan fingerprint density at radius 2 is 2.00 bits per heavy atom. The van der Waals surface area contributed by atoms with Gasteiger partial charge in [0, 0.05) is 41.2 Å². The van der Waals surface area contributed by atoms with Gasteiger partial charge in [-0.25, -0.2) is 8.42 Å². The lowest BCUT2D eigenvalue weighted by molar-refractivity contribution is -0.121. The minimum absolute atomic E-state index is 0.0811. The first kappa shape index (κ1) is 24.2. The standard InChI is InChI=1S/C23H25BrClN3O4S/c1-2-21(29)28-10-8-15-11-17(24)12-20(22(15)28)33(31,32)27-9-4-5-16(14-27)23(30)26-19-7-3-6-18(25)13-19/h3,6-7,11-13,16H,2,4-5,8-10,14H2,1H3,(H,26,30)/t16-/m1/s1. The number of nitrogens with one attached hydrogen (secondary N) is 1. The molecule has 0 spiro atoms.